The standard InChI is InChI=1S/C20H27F3N8S/c1-19(2,3)17-25-14(20(21,22)23)12-15(26-17)31-9-7-30(8-10-31)6-5-11-32-18-28-27-16(13-24)29(18)4/h12H,5-11H2,1-4H3. The minimum Gasteiger partial charge on any atom is -0.354 e. The van der Waals surface area contributed by atoms with E-state index in [4.69, 9.17) is 5.26 Å². The molecule has 8 nitrogen and oxygen atoms in total. The van der Waals surface area contributed by atoms with Crippen LogP contribution < -0.4 is 4.90 Å². The molecule has 0 radical (unpaired) electrons. The zero-order valence-electron chi connectivity index (χ0n) is 18.6. The van der Waals surface area contributed by atoms with Crippen LogP contribution in [0.3, 0.4) is 0 Å². The number of halogens is 3. The number of piperazine rings is 1. The third kappa shape index (κ3) is 5.89. The van der Waals surface area contributed by atoms with E-state index < -0.39 is 17.3 Å². The molecule has 0 N–H and O–H groups in total. The second kappa shape index (κ2) is 9.62. The summed E-state index contributed by atoms with van der Waals surface area (Å²) in [6, 6.07) is 3.04. The van der Waals surface area contributed by atoms with Crippen molar-refractivity contribution >= 4 is 17.6 Å². The van der Waals surface area contributed by atoms with E-state index in [-0.39, 0.29) is 11.6 Å². The van der Waals surface area contributed by atoms with E-state index in [9.17, 15) is 13.2 Å². The molecule has 1 aliphatic rings. The lowest BCUT2D eigenvalue weighted by Gasteiger charge is -2.36. The fraction of sp³-hybridized carbons (Fsp3) is 0.650. The second-order valence-electron chi connectivity index (χ2n) is 8.69. The molecule has 12 heteroatoms. The van der Waals surface area contributed by atoms with E-state index in [0.717, 1.165) is 37.9 Å². The molecule has 3 heterocycles. The fourth-order valence-electron chi connectivity index (χ4n) is 3.27. The van der Waals surface area contributed by atoms with Crippen LogP contribution in [-0.4, -0.2) is 68.1 Å². The van der Waals surface area contributed by atoms with Gasteiger partial charge in [-0.15, -0.1) is 10.2 Å². The normalized spacial score (nSPS) is 15.8. The molecule has 0 atom stereocenters. The van der Waals surface area contributed by atoms with E-state index in [1.165, 1.54) is 0 Å². The van der Waals surface area contributed by atoms with Crippen LogP contribution in [0.1, 0.15) is 44.5 Å². The Bertz CT molecular complexity index is 936. The van der Waals surface area contributed by atoms with Gasteiger partial charge in [0.2, 0.25) is 5.82 Å². The van der Waals surface area contributed by atoms with Gasteiger partial charge in [-0.2, -0.15) is 18.4 Å². The summed E-state index contributed by atoms with van der Waals surface area (Å²) in [6.07, 6.45) is -3.58. The first kappa shape index (κ1) is 24.3. The van der Waals surface area contributed by atoms with Crippen molar-refractivity contribution in [2.45, 2.75) is 43.9 Å². The third-order valence-electron chi connectivity index (χ3n) is 5.15. The highest BCUT2D eigenvalue weighted by molar-refractivity contribution is 7.99. The molecule has 1 aliphatic heterocycles. The lowest BCUT2D eigenvalue weighted by Crippen LogP contribution is -2.47. The van der Waals surface area contributed by atoms with Crippen LogP contribution in [-0.2, 0) is 18.6 Å². The molecule has 32 heavy (non-hydrogen) atoms. The maximum atomic E-state index is 13.4. The van der Waals surface area contributed by atoms with Crippen LogP contribution in [0.2, 0.25) is 0 Å². The van der Waals surface area contributed by atoms with Gasteiger partial charge in [-0.1, -0.05) is 32.5 Å². The number of hydrogen-bond acceptors (Lipinski definition) is 8. The first-order valence-electron chi connectivity index (χ1n) is 10.4. The first-order chi connectivity index (χ1) is 15.0. The predicted octanol–water partition coefficient (Wildman–Crippen LogP) is 3.10. The number of nitriles is 1. The van der Waals surface area contributed by atoms with Crippen molar-refractivity contribution in [1.29, 1.82) is 5.26 Å². The summed E-state index contributed by atoms with van der Waals surface area (Å²) in [5, 5.41) is 17.5. The number of alkyl halides is 3. The molecule has 2 aromatic heterocycles. The zero-order valence-corrected chi connectivity index (χ0v) is 19.5. The quantitative estimate of drug-likeness (QED) is 0.472. The smallest absolute Gasteiger partial charge is 0.354 e. The van der Waals surface area contributed by atoms with E-state index >= 15 is 0 Å². The number of aromatic nitrogens is 5. The Labute approximate surface area is 189 Å². The van der Waals surface area contributed by atoms with Gasteiger partial charge in [0.1, 0.15) is 23.4 Å². The average Bonchev–Trinajstić information content (AvgIpc) is 3.09. The minimum absolute atomic E-state index is 0.199. The molecule has 1 saturated heterocycles. The van der Waals surface area contributed by atoms with Gasteiger partial charge in [-0.25, -0.2) is 9.97 Å². The lowest BCUT2D eigenvalue weighted by atomic mass is 9.95. The fourth-order valence-corrected chi connectivity index (χ4v) is 4.10. The maximum Gasteiger partial charge on any atom is 0.433 e. The Kier molecular flexibility index (Phi) is 7.29. The molecule has 0 aliphatic carbocycles. The Morgan fingerprint density at radius 1 is 1.09 bits per heavy atom. The summed E-state index contributed by atoms with van der Waals surface area (Å²) in [4.78, 5) is 12.4. The van der Waals surface area contributed by atoms with E-state index in [1.807, 2.05) is 31.7 Å². The van der Waals surface area contributed by atoms with Crippen LogP contribution in [0.15, 0.2) is 11.2 Å². The Balaban J connectivity index is 1.54. The number of hydrogen-bond donors (Lipinski definition) is 0. The van der Waals surface area contributed by atoms with Crippen molar-refractivity contribution in [1.82, 2.24) is 29.6 Å². The Hall–Kier alpha value is -2.39. The Morgan fingerprint density at radius 2 is 1.78 bits per heavy atom. The monoisotopic (exact) mass is 468 g/mol. The van der Waals surface area contributed by atoms with Crippen LogP contribution >= 0.6 is 11.8 Å². The summed E-state index contributed by atoms with van der Waals surface area (Å²) in [5.41, 5.74) is -1.47. The molecular formula is C20H27F3N8S. The molecule has 0 spiro atoms. The minimum atomic E-state index is -4.51. The van der Waals surface area contributed by atoms with Crippen molar-refractivity contribution < 1.29 is 13.2 Å². The van der Waals surface area contributed by atoms with Gasteiger partial charge in [0.05, 0.1) is 0 Å². The molecule has 0 saturated carbocycles. The topological polar surface area (TPSA) is 86.8 Å². The van der Waals surface area contributed by atoms with Crippen LogP contribution in [0.25, 0.3) is 0 Å². The molecule has 0 amide bonds. The molecule has 0 aromatic carbocycles. The van der Waals surface area contributed by atoms with E-state index in [1.54, 1.807) is 23.4 Å². The number of rotatable bonds is 6. The first-order valence-corrected chi connectivity index (χ1v) is 11.3. The summed E-state index contributed by atoms with van der Waals surface area (Å²) in [5.74, 6) is 1.66. The van der Waals surface area contributed by atoms with Gasteiger partial charge in [0.15, 0.2) is 5.16 Å². The summed E-state index contributed by atoms with van der Waals surface area (Å²) >= 11 is 1.55. The van der Waals surface area contributed by atoms with Gasteiger partial charge in [-0.05, 0) is 13.0 Å². The Morgan fingerprint density at radius 3 is 2.34 bits per heavy atom. The van der Waals surface area contributed by atoms with Crippen molar-refractivity contribution in [3.05, 3.63) is 23.4 Å². The number of anilines is 1. The average molecular weight is 469 g/mol. The molecule has 3 rings (SSSR count). The van der Waals surface area contributed by atoms with Gasteiger partial charge < -0.3 is 4.90 Å². The SMILES string of the molecule is Cn1c(C#N)nnc1SCCCN1CCN(c2cc(C(F)(F)F)nc(C(C)(C)C)n2)CC1. The van der Waals surface area contributed by atoms with Gasteiger partial charge in [-0.3, -0.25) is 9.47 Å². The second-order valence-corrected chi connectivity index (χ2v) is 9.75. The lowest BCUT2D eigenvalue weighted by molar-refractivity contribution is -0.141. The number of nitrogens with zero attached hydrogens (tertiary/aromatic N) is 8. The highest BCUT2D eigenvalue weighted by Crippen LogP contribution is 2.32. The van der Waals surface area contributed by atoms with Crippen molar-refractivity contribution in [2.75, 3.05) is 43.4 Å². The molecule has 174 valence electrons. The molecule has 0 unspecified atom stereocenters. The maximum absolute atomic E-state index is 13.4. The summed E-state index contributed by atoms with van der Waals surface area (Å²) < 4.78 is 41.8. The molecule has 1 fully saturated rings. The largest absolute Gasteiger partial charge is 0.433 e. The number of thioether (sulfide) groups is 1. The highest BCUT2D eigenvalue weighted by atomic mass is 32.2. The van der Waals surface area contributed by atoms with Gasteiger partial charge in [0.25, 0.3) is 0 Å². The summed E-state index contributed by atoms with van der Waals surface area (Å²) in [6.45, 7) is 9.04. The molecule has 0 bridgehead atoms. The van der Waals surface area contributed by atoms with Crippen molar-refractivity contribution in [2.24, 2.45) is 7.05 Å². The van der Waals surface area contributed by atoms with Crippen LogP contribution in [0.5, 0.6) is 0 Å². The highest BCUT2D eigenvalue weighted by Gasteiger charge is 2.35. The van der Waals surface area contributed by atoms with E-state index in [2.05, 4.69) is 25.1 Å². The van der Waals surface area contributed by atoms with Gasteiger partial charge >= 0.3 is 6.18 Å². The van der Waals surface area contributed by atoms with Crippen LogP contribution in [0, 0.1) is 11.3 Å². The molecular weight excluding hydrogens is 441 g/mol. The van der Waals surface area contributed by atoms with Crippen molar-refractivity contribution in [3.8, 4) is 6.07 Å². The van der Waals surface area contributed by atoms with E-state index in [0.29, 0.717) is 24.1 Å². The molecule has 2 aromatic rings. The third-order valence-corrected chi connectivity index (χ3v) is 6.26. The van der Waals surface area contributed by atoms with Crippen molar-refractivity contribution in [3.63, 3.8) is 0 Å². The van der Waals surface area contributed by atoms with Gasteiger partial charge in [0, 0.05) is 50.5 Å². The summed E-state index contributed by atoms with van der Waals surface area (Å²) in [7, 11) is 1.77. The van der Waals surface area contributed by atoms with Crippen LogP contribution in [0.4, 0.5) is 19.0 Å². The zero-order chi connectivity index (χ0) is 23.5. The predicted molar refractivity (Wildman–Crippen MR) is 115 cm³/mol.